The minimum absolute atomic E-state index is 0.0476. The lowest BCUT2D eigenvalue weighted by molar-refractivity contribution is 0.101. The van der Waals surface area contributed by atoms with E-state index in [1.165, 1.54) is 0 Å². The maximum absolute atomic E-state index is 11.9. The number of para-hydroxylation sites is 1. The fourth-order valence-electron chi connectivity index (χ4n) is 2.35. The smallest absolute Gasteiger partial charge is 0.160 e. The first-order chi connectivity index (χ1) is 9.58. The van der Waals surface area contributed by atoms with Crippen LogP contribution in [0.2, 0.25) is 0 Å². The van der Waals surface area contributed by atoms with Gasteiger partial charge < -0.3 is 0 Å². The van der Waals surface area contributed by atoms with Gasteiger partial charge in [-0.25, -0.2) is 4.98 Å². The molecule has 0 aliphatic heterocycles. The number of nitrogens with zero attached hydrogens (tertiary/aromatic N) is 3. The molecule has 1 aromatic carbocycles. The molecule has 2 aromatic heterocycles. The first-order valence-electron chi connectivity index (χ1n) is 6.47. The van der Waals surface area contributed by atoms with Crippen LogP contribution in [0.25, 0.3) is 22.2 Å². The molecule has 4 nitrogen and oxygen atoms in total. The van der Waals surface area contributed by atoms with Crippen molar-refractivity contribution in [2.24, 2.45) is 7.05 Å². The molecule has 0 saturated carbocycles. The summed E-state index contributed by atoms with van der Waals surface area (Å²) in [6.07, 6.45) is 1.79. The SMILES string of the molecule is CC(=O)c1cc(-c2cnn(C)c2C)nc2ccccc12. The van der Waals surface area contributed by atoms with Crippen molar-refractivity contribution < 1.29 is 4.79 Å². The average molecular weight is 265 g/mol. The molecule has 3 rings (SSSR count). The second-order valence-corrected chi connectivity index (χ2v) is 4.90. The normalized spacial score (nSPS) is 10.9. The molecule has 0 spiro atoms. The zero-order chi connectivity index (χ0) is 14.3. The summed E-state index contributed by atoms with van der Waals surface area (Å²) >= 11 is 0. The zero-order valence-electron chi connectivity index (χ0n) is 11.7. The molecule has 2 heterocycles. The number of carbonyl (C=O) groups excluding carboxylic acids is 1. The number of hydrogen-bond acceptors (Lipinski definition) is 3. The lowest BCUT2D eigenvalue weighted by Crippen LogP contribution is -1.98. The summed E-state index contributed by atoms with van der Waals surface area (Å²) in [5.74, 6) is 0.0476. The van der Waals surface area contributed by atoms with Gasteiger partial charge in [-0.3, -0.25) is 9.48 Å². The van der Waals surface area contributed by atoms with Gasteiger partial charge in [-0.1, -0.05) is 18.2 Å². The van der Waals surface area contributed by atoms with Crippen molar-refractivity contribution in [1.82, 2.24) is 14.8 Å². The molecule has 0 radical (unpaired) electrons. The first-order valence-corrected chi connectivity index (χ1v) is 6.47. The molecule has 0 amide bonds. The van der Waals surface area contributed by atoms with Crippen molar-refractivity contribution >= 4 is 16.7 Å². The highest BCUT2D eigenvalue weighted by Crippen LogP contribution is 2.26. The Balaban J connectivity index is 2.33. The van der Waals surface area contributed by atoms with E-state index in [1.807, 2.05) is 44.3 Å². The maximum Gasteiger partial charge on any atom is 0.160 e. The Labute approximate surface area is 117 Å². The molecule has 0 N–H and O–H groups in total. The van der Waals surface area contributed by atoms with Gasteiger partial charge in [0.15, 0.2) is 5.78 Å². The summed E-state index contributed by atoms with van der Waals surface area (Å²) in [7, 11) is 1.89. The molecular formula is C16H15N3O. The van der Waals surface area contributed by atoms with Gasteiger partial charge in [-0.05, 0) is 26.0 Å². The fourth-order valence-corrected chi connectivity index (χ4v) is 2.35. The molecule has 0 bridgehead atoms. The van der Waals surface area contributed by atoms with Crippen LogP contribution in [0.4, 0.5) is 0 Å². The highest BCUT2D eigenvalue weighted by atomic mass is 16.1. The number of pyridine rings is 1. The van der Waals surface area contributed by atoms with Crippen LogP contribution in [0.1, 0.15) is 23.0 Å². The fraction of sp³-hybridized carbons (Fsp3) is 0.188. The van der Waals surface area contributed by atoms with E-state index in [4.69, 9.17) is 0 Å². The molecule has 0 atom stereocenters. The molecule has 3 aromatic rings. The van der Waals surface area contributed by atoms with Crippen LogP contribution in [-0.2, 0) is 7.05 Å². The summed E-state index contributed by atoms with van der Waals surface area (Å²) in [4.78, 5) is 16.5. The Morgan fingerprint density at radius 2 is 2.00 bits per heavy atom. The number of aromatic nitrogens is 3. The van der Waals surface area contributed by atoms with Gasteiger partial charge in [0.25, 0.3) is 0 Å². The van der Waals surface area contributed by atoms with E-state index in [-0.39, 0.29) is 5.78 Å². The van der Waals surface area contributed by atoms with Crippen molar-refractivity contribution in [2.45, 2.75) is 13.8 Å². The highest BCUT2D eigenvalue weighted by Gasteiger charge is 2.13. The minimum Gasteiger partial charge on any atom is -0.294 e. The van der Waals surface area contributed by atoms with Crippen molar-refractivity contribution in [2.75, 3.05) is 0 Å². The topological polar surface area (TPSA) is 47.8 Å². The second-order valence-electron chi connectivity index (χ2n) is 4.90. The van der Waals surface area contributed by atoms with Crippen LogP contribution >= 0.6 is 0 Å². The number of hydrogen-bond donors (Lipinski definition) is 0. The summed E-state index contributed by atoms with van der Waals surface area (Å²) in [5, 5.41) is 5.13. The Morgan fingerprint density at radius 1 is 1.25 bits per heavy atom. The van der Waals surface area contributed by atoms with E-state index < -0.39 is 0 Å². The van der Waals surface area contributed by atoms with Crippen LogP contribution in [0.5, 0.6) is 0 Å². The number of rotatable bonds is 2. The molecule has 20 heavy (non-hydrogen) atoms. The van der Waals surface area contributed by atoms with Crippen molar-refractivity contribution in [3.05, 3.63) is 47.8 Å². The molecule has 100 valence electrons. The Morgan fingerprint density at radius 3 is 2.65 bits per heavy atom. The Hall–Kier alpha value is -2.49. The van der Waals surface area contributed by atoms with Crippen molar-refractivity contribution in [1.29, 1.82) is 0 Å². The molecule has 0 saturated heterocycles. The summed E-state index contributed by atoms with van der Waals surface area (Å²) in [6, 6.07) is 9.56. The Bertz CT molecular complexity index is 818. The monoisotopic (exact) mass is 265 g/mol. The van der Waals surface area contributed by atoms with Crippen molar-refractivity contribution in [3.8, 4) is 11.3 Å². The lowest BCUT2D eigenvalue weighted by Gasteiger charge is -2.07. The van der Waals surface area contributed by atoms with Gasteiger partial charge in [0.2, 0.25) is 0 Å². The third-order valence-electron chi connectivity index (χ3n) is 3.61. The Kier molecular flexibility index (Phi) is 2.86. The summed E-state index contributed by atoms with van der Waals surface area (Å²) in [6.45, 7) is 3.58. The summed E-state index contributed by atoms with van der Waals surface area (Å²) in [5.41, 5.74) is 4.31. The molecule has 0 unspecified atom stereocenters. The molecule has 0 aliphatic rings. The van der Waals surface area contributed by atoms with Gasteiger partial charge in [-0.15, -0.1) is 0 Å². The minimum atomic E-state index is 0.0476. The van der Waals surface area contributed by atoms with Crippen LogP contribution in [0.3, 0.4) is 0 Å². The van der Waals surface area contributed by atoms with Gasteiger partial charge >= 0.3 is 0 Å². The van der Waals surface area contributed by atoms with Crippen LogP contribution in [0, 0.1) is 6.92 Å². The molecule has 0 aliphatic carbocycles. The largest absolute Gasteiger partial charge is 0.294 e. The highest BCUT2D eigenvalue weighted by molar-refractivity contribution is 6.07. The predicted octanol–water partition coefficient (Wildman–Crippen LogP) is 3.15. The van der Waals surface area contributed by atoms with E-state index in [1.54, 1.807) is 17.8 Å². The molecule has 0 fully saturated rings. The van der Waals surface area contributed by atoms with Crippen LogP contribution in [0.15, 0.2) is 36.5 Å². The molecular weight excluding hydrogens is 250 g/mol. The zero-order valence-corrected chi connectivity index (χ0v) is 11.7. The average Bonchev–Trinajstić information content (AvgIpc) is 2.77. The number of Topliss-reactive ketones (excluding diaryl/α,β-unsaturated/α-hetero) is 1. The third kappa shape index (κ3) is 1.90. The maximum atomic E-state index is 11.9. The van der Waals surface area contributed by atoms with Gasteiger partial charge in [-0.2, -0.15) is 5.10 Å². The van der Waals surface area contributed by atoms with Crippen LogP contribution < -0.4 is 0 Å². The van der Waals surface area contributed by atoms with Crippen molar-refractivity contribution in [3.63, 3.8) is 0 Å². The number of benzene rings is 1. The quantitative estimate of drug-likeness (QED) is 0.669. The standard InChI is InChI=1S/C16H15N3O/c1-10-14(9-17-19(10)3)16-8-13(11(2)20)12-6-4-5-7-15(12)18-16/h4-9H,1-3H3. The van der Waals surface area contributed by atoms with E-state index in [2.05, 4.69) is 10.1 Å². The van der Waals surface area contributed by atoms with Gasteiger partial charge in [0.1, 0.15) is 0 Å². The molecule has 4 heteroatoms. The van der Waals surface area contributed by atoms with Gasteiger partial charge in [0, 0.05) is 29.3 Å². The van der Waals surface area contributed by atoms with E-state index in [0.717, 1.165) is 27.9 Å². The van der Waals surface area contributed by atoms with E-state index in [9.17, 15) is 4.79 Å². The lowest BCUT2D eigenvalue weighted by atomic mass is 10.0. The summed E-state index contributed by atoms with van der Waals surface area (Å²) < 4.78 is 1.81. The van der Waals surface area contributed by atoms with Gasteiger partial charge in [0.05, 0.1) is 17.4 Å². The number of fused-ring (bicyclic) bond motifs is 1. The predicted molar refractivity (Wildman–Crippen MR) is 78.7 cm³/mol. The van der Waals surface area contributed by atoms with Crippen LogP contribution in [-0.4, -0.2) is 20.5 Å². The van der Waals surface area contributed by atoms with E-state index >= 15 is 0 Å². The number of aryl methyl sites for hydroxylation is 1. The second kappa shape index (κ2) is 4.56. The number of ketones is 1. The third-order valence-corrected chi connectivity index (χ3v) is 3.61. The number of carbonyl (C=O) groups is 1. The first kappa shape index (κ1) is 12.5. The van der Waals surface area contributed by atoms with E-state index in [0.29, 0.717) is 5.56 Å².